The molecule has 0 aliphatic rings. The van der Waals surface area contributed by atoms with Gasteiger partial charge in [0.2, 0.25) is 0 Å². The molecule has 2 atom stereocenters. The van der Waals surface area contributed by atoms with Gasteiger partial charge in [0, 0.05) is 12.8 Å². The van der Waals surface area contributed by atoms with Gasteiger partial charge in [0.1, 0.15) is 13.2 Å². The zero-order chi connectivity index (χ0) is 47.0. The van der Waals surface area contributed by atoms with E-state index >= 15 is 0 Å². The van der Waals surface area contributed by atoms with Crippen LogP contribution in [0.5, 0.6) is 0 Å². The van der Waals surface area contributed by atoms with E-state index < -0.39 is 24.3 Å². The van der Waals surface area contributed by atoms with Gasteiger partial charge in [-0.3, -0.25) is 9.59 Å². The Labute approximate surface area is 393 Å². The second kappa shape index (κ2) is 46.8. The Hall–Kier alpha value is -2.75. The first-order valence-electron chi connectivity index (χ1n) is 26.3. The molecule has 0 spiro atoms. The van der Waals surface area contributed by atoms with Crippen LogP contribution in [0.15, 0.2) is 48.6 Å². The van der Waals surface area contributed by atoms with Crippen molar-refractivity contribution < 1.29 is 42.9 Å². The summed E-state index contributed by atoms with van der Waals surface area (Å²) in [5, 5.41) is 11.7. The summed E-state index contributed by atoms with van der Waals surface area (Å²) in [5.74, 6) is -2.30. The number of allylic oxidation sites excluding steroid dienone is 8. The van der Waals surface area contributed by atoms with Crippen molar-refractivity contribution in [3.8, 4) is 0 Å². The number of esters is 2. The topological polar surface area (TPSA) is 111 Å². The third-order valence-electron chi connectivity index (χ3n) is 11.3. The van der Waals surface area contributed by atoms with Gasteiger partial charge in [-0.1, -0.05) is 184 Å². The van der Waals surface area contributed by atoms with Crippen molar-refractivity contribution in [3.63, 3.8) is 0 Å². The fourth-order valence-electron chi connectivity index (χ4n) is 7.18. The Morgan fingerprint density at radius 3 is 1.25 bits per heavy atom. The number of quaternary nitrogens is 1. The Kier molecular flexibility index (Phi) is 44.8. The molecule has 0 rings (SSSR count). The van der Waals surface area contributed by atoms with Crippen LogP contribution in [-0.4, -0.2) is 82.3 Å². The molecule has 2 unspecified atom stereocenters. The highest BCUT2D eigenvalue weighted by atomic mass is 16.7. The lowest BCUT2D eigenvalue weighted by molar-refractivity contribution is -0.870. The zero-order valence-corrected chi connectivity index (χ0v) is 42.1. The number of carboxylic acids is 1. The highest BCUT2D eigenvalue weighted by Gasteiger charge is 2.22. The number of hydrogen-bond donors (Lipinski definition) is 0. The molecule has 0 heterocycles. The minimum atomic E-state index is -1.62. The van der Waals surface area contributed by atoms with Gasteiger partial charge in [-0.25, -0.2) is 0 Å². The third kappa shape index (κ3) is 47.2. The monoisotopic (exact) mass is 902 g/mol. The quantitative estimate of drug-likeness (QED) is 0.0195. The summed E-state index contributed by atoms with van der Waals surface area (Å²) in [4.78, 5) is 37.2. The average molecular weight is 902 g/mol. The smallest absolute Gasteiger partial charge is 0.306 e. The molecule has 0 aliphatic heterocycles. The molecule has 0 saturated carbocycles. The number of aliphatic carboxylic acids is 1. The van der Waals surface area contributed by atoms with Gasteiger partial charge in [-0.05, 0) is 77.0 Å². The van der Waals surface area contributed by atoms with Crippen LogP contribution in [0, 0.1) is 0 Å². The van der Waals surface area contributed by atoms with Crippen LogP contribution in [0.4, 0.5) is 0 Å². The molecule has 0 aliphatic carbocycles. The van der Waals surface area contributed by atoms with Gasteiger partial charge in [0.25, 0.3) is 0 Å². The third-order valence-corrected chi connectivity index (χ3v) is 11.3. The molecule has 0 aromatic carbocycles. The summed E-state index contributed by atoms with van der Waals surface area (Å²) in [7, 11) is 5.91. The number of rotatable bonds is 48. The van der Waals surface area contributed by atoms with Gasteiger partial charge < -0.3 is 33.3 Å². The highest BCUT2D eigenvalue weighted by molar-refractivity contribution is 5.70. The first-order chi connectivity index (χ1) is 31.1. The summed E-state index contributed by atoms with van der Waals surface area (Å²) >= 11 is 0. The fourth-order valence-corrected chi connectivity index (χ4v) is 7.18. The van der Waals surface area contributed by atoms with E-state index in [0.29, 0.717) is 17.4 Å². The maximum Gasteiger partial charge on any atom is 0.306 e. The van der Waals surface area contributed by atoms with Crippen LogP contribution >= 0.6 is 0 Å². The lowest BCUT2D eigenvalue weighted by Crippen LogP contribution is -2.44. The maximum atomic E-state index is 12.8. The molecule has 0 aromatic heterocycles. The van der Waals surface area contributed by atoms with Gasteiger partial charge in [-0.15, -0.1) is 0 Å². The van der Waals surface area contributed by atoms with Crippen LogP contribution in [0.25, 0.3) is 0 Å². The Balaban J connectivity index is 4.35. The first-order valence-corrected chi connectivity index (χ1v) is 26.3. The zero-order valence-electron chi connectivity index (χ0n) is 42.1. The molecule has 0 N–H and O–H groups in total. The van der Waals surface area contributed by atoms with Gasteiger partial charge in [0.05, 0.1) is 40.3 Å². The second-order valence-corrected chi connectivity index (χ2v) is 18.8. The van der Waals surface area contributed by atoms with E-state index in [9.17, 15) is 19.5 Å². The standard InChI is InChI=1S/C55H99NO8/c1-6-8-10-12-14-16-18-20-22-24-26-27-28-30-32-34-36-38-40-42-44-46-53(58)64-51(50-63-55(54(59)60)61-48-47-56(3,4)5)49-62-52(57)45-43-41-39-37-35-33-31-29-25-23-21-19-17-15-13-11-9-7-2/h17-20,23-26,51,55H,6-16,21-22,27-50H2,1-5H3/b19-17-,20-18-,25-23-,26-24-. The molecule has 0 fully saturated rings. The van der Waals surface area contributed by atoms with Crippen molar-refractivity contribution in [2.75, 3.05) is 47.5 Å². The molecule has 64 heavy (non-hydrogen) atoms. The number of unbranched alkanes of at least 4 members (excludes halogenated alkanes) is 25. The number of likely N-dealkylation sites (N-methyl/N-ethyl adjacent to an activating group) is 1. The lowest BCUT2D eigenvalue weighted by atomic mass is 10.1. The van der Waals surface area contributed by atoms with Crippen molar-refractivity contribution in [1.82, 2.24) is 0 Å². The number of hydrogen-bond acceptors (Lipinski definition) is 8. The van der Waals surface area contributed by atoms with Crippen LogP contribution in [0.2, 0.25) is 0 Å². The van der Waals surface area contributed by atoms with E-state index in [1.54, 1.807) is 0 Å². The van der Waals surface area contributed by atoms with E-state index in [4.69, 9.17) is 18.9 Å². The molecule has 9 heteroatoms. The summed E-state index contributed by atoms with van der Waals surface area (Å²) in [6.07, 6.45) is 52.8. The van der Waals surface area contributed by atoms with E-state index in [1.165, 1.54) is 122 Å². The van der Waals surface area contributed by atoms with Crippen molar-refractivity contribution in [3.05, 3.63) is 48.6 Å². The number of carbonyl (C=O) groups is 3. The Bertz CT molecular complexity index is 1190. The van der Waals surface area contributed by atoms with Crippen LogP contribution in [0.1, 0.15) is 226 Å². The van der Waals surface area contributed by atoms with Gasteiger partial charge >= 0.3 is 11.9 Å². The summed E-state index contributed by atoms with van der Waals surface area (Å²) in [6, 6.07) is 0. The molecule has 0 saturated heterocycles. The minimum Gasteiger partial charge on any atom is -0.545 e. The molecule has 0 bridgehead atoms. The minimum absolute atomic E-state index is 0.144. The van der Waals surface area contributed by atoms with Crippen LogP contribution in [-0.2, 0) is 33.3 Å². The molecule has 372 valence electrons. The highest BCUT2D eigenvalue weighted by Crippen LogP contribution is 2.15. The largest absolute Gasteiger partial charge is 0.545 e. The van der Waals surface area contributed by atoms with E-state index in [1.807, 2.05) is 21.1 Å². The van der Waals surface area contributed by atoms with Crippen molar-refractivity contribution in [2.24, 2.45) is 0 Å². The first kappa shape index (κ1) is 61.2. The molecule has 9 nitrogen and oxygen atoms in total. The molecular formula is C55H99NO8. The number of carboxylic acid groups (broad SMARTS) is 1. The van der Waals surface area contributed by atoms with E-state index in [0.717, 1.165) is 70.6 Å². The maximum absolute atomic E-state index is 12.8. The average Bonchev–Trinajstić information content (AvgIpc) is 3.26. The number of carbonyl (C=O) groups excluding carboxylic acids is 3. The fraction of sp³-hybridized carbons (Fsp3) is 0.800. The van der Waals surface area contributed by atoms with Crippen LogP contribution in [0.3, 0.4) is 0 Å². The summed E-state index contributed by atoms with van der Waals surface area (Å²) < 4.78 is 22.6. The van der Waals surface area contributed by atoms with Gasteiger partial charge in [0.15, 0.2) is 12.4 Å². The predicted molar refractivity (Wildman–Crippen MR) is 265 cm³/mol. The van der Waals surface area contributed by atoms with E-state index in [2.05, 4.69) is 62.5 Å². The number of nitrogens with zero attached hydrogens (tertiary/aromatic N) is 1. The Morgan fingerprint density at radius 2 is 0.844 bits per heavy atom. The lowest BCUT2D eigenvalue weighted by Gasteiger charge is -2.26. The predicted octanol–water partition coefficient (Wildman–Crippen LogP) is 13.4. The molecule has 0 amide bonds. The normalized spacial score (nSPS) is 13.2. The van der Waals surface area contributed by atoms with Crippen molar-refractivity contribution in [1.29, 1.82) is 0 Å². The molecule has 0 aromatic rings. The van der Waals surface area contributed by atoms with Gasteiger partial charge in [-0.2, -0.15) is 0 Å². The van der Waals surface area contributed by atoms with Crippen molar-refractivity contribution in [2.45, 2.75) is 238 Å². The van der Waals surface area contributed by atoms with Crippen LogP contribution < -0.4 is 5.11 Å². The number of ether oxygens (including phenoxy) is 4. The summed E-state index contributed by atoms with van der Waals surface area (Å²) in [6.45, 7) is 4.71. The SMILES string of the molecule is CCCCCC/C=C\C/C=C\CCCCCCCCCC(=O)OCC(COC(OCC[N+](C)(C)C)C(=O)[O-])OC(=O)CCCCCCCCCCC/C=C\C/C=C\CCCCCCC. The Morgan fingerprint density at radius 1 is 0.469 bits per heavy atom. The summed E-state index contributed by atoms with van der Waals surface area (Å²) in [5.41, 5.74) is 0. The second-order valence-electron chi connectivity index (χ2n) is 18.8. The van der Waals surface area contributed by atoms with E-state index in [-0.39, 0.29) is 38.6 Å². The molecular weight excluding hydrogens is 803 g/mol. The molecule has 0 radical (unpaired) electrons. The van der Waals surface area contributed by atoms with Crippen molar-refractivity contribution >= 4 is 17.9 Å².